The number of hydrogen-bond donors (Lipinski definition) is 0. The number of morpholine rings is 1. The predicted octanol–water partition coefficient (Wildman–Crippen LogP) is 6.19. The Morgan fingerprint density at radius 3 is 2.12 bits per heavy atom. The van der Waals surface area contributed by atoms with Crippen LogP contribution in [0.2, 0.25) is 0 Å². The zero-order valence-corrected chi connectivity index (χ0v) is 22.7. The van der Waals surface area contributed by atoms with E-state index in [1.165, 1.54) is 63.1 Å². The summed E-state index contributed by atoms with van der Waals surface area (Å²) in [5.74, 6) is 0.642. The largest absolute Gasteiger partial charge is 0.378 e. The molecule has 0 amide bonds. The Bertz CT molecular complexity index is 736. The summed E-state index contributed by atoms with van der Waals surface area (Å²) in [5, 5.41) is 0. The van der Waals surface area contributed by atoms with Gasteiger partial charge < -0.3 is 14.5 Å². The molecule has 2 heterocycles. The van der Waals surface area contributed by atoms with Crippen LogP contribution in [-0.4, -0.2) is 63.9 Å². The maximum absolute atomic E-state index is 5.62. The van der Waals surface area contributed by atoms with Crippen LogP contribution in [-0.2, 0) is 4.74 Å². The molecule has 1 saturated carbocycles. The summed E-state index contributed by atoms with van der Waals surface area (Å²) in [6, 6.07) is 7.40. The number of rotatable bonds is 6. The first-order valence-electron chi connectivity index (χ1n) is 13.2. The highest BCUT2D eigenvalue weighted by Gasteiger charge is 2.40. The molecule has 0 atom stereocenters. The summed E-state index contributed by atoms with van der Waals surface area (Å²) in [6.07, 6.45) is 6.54. The minimum atomic E-state index is 0. The molecule has 0 aromatic heterocycles. The topological polar surface area (TPSA) is 19.0 Å². The van der Waals surface area contributed by atoms with Crippen LogP contribution in [0.1, 0.15) is 78.2 Å². The highest BCUT2D eigenvalue weighted by atomic mass is 35.5. The monoisotopic (exact) mass is 477 g/mol. The number of benzene rings is 1. The standard InChI is InChI=1S/C28H47N3O.ClH/c1-6-7-10-29-11-13-31(14-12-29)26-9-8-24(30-15-17-32-18-16-30)19-25(26)23-20-27(2,3)22-28(4,5)21-23;/h8-9,19,23H,6-7,10-18,20-22H2,1-5H3;1H. The quantitative estimate of drug-likeness (QED) is 0.486. The number of piperazine rings is 1. The third kappa shape index (κ3) is 6.80. The molecule has 0 unspecified atom stereocenters. The van der Waals surface area contributed by atoms with Crippen molar-refractivity contribution < 1.29 is 4.74 Å². The lowest BCUT2D eigenvalue weighted by atomic mass is 9.60. The van der Waals surface area contributed by atoms with Crippen LogP contribution in [0.15, 0.2) is 18.2 Å². The lowest BCUT2D eigenvalue weighted by molar-refractivity contribution is 0.0969. The second-order valence-electron chi connectivity index (χ2n) is 12.1. The minimum absolute atomic E-state index is 0. The van der Waals surface area contributed by atoms with Crippen LogP contribution in [0.3, 0.4) is 0 Å². The summed E-state index contributed by atoms with van der Waals surface area (Å²) < 4.78 is 5.62. The molecule has 0 N–H and O–H groups in total. The number of anilines is 2. The average molecular weight is 478 g/mol. The fourth-order valence-corrected chi connectivity index (χ4v) is 6.84. The smallest absolute Gasteiger partial charge is 0.0642 e. The van der Waals surface area contributed by atoms with E-state index in [-0.39, 0.29) is 12.4 Å². The van der Waals surface area contributed by atoms with Crippen molar-refractivity contribution in [1.82, 2.24) is 4.90 Å². The van der Waals surface area contributed by atoms with E-state index >= 15 is 0 Å². The molecule has 1 aliphatic carbocycles. The average Bonchev–Trinajstić information content (AvgIpc) is 2.76. The Hall–Kier alpha value is -0.970. The van der Waals surface area contributed by atoms with Gasteiger partial charge in [-0.25, -0.2) is 0 Å². The van der Waals surface area contributed by atoms with Gasteiger partial charge in [0.2, 0.25) is 0 Å². The Balaban J connectivity index is 0.00000306. The third-order valence-corrected chi connectivity index (χ3v) is 7.92. The lowest BCUT2D eigenvalue weighted by Crippen LogP contribution is -2.47. The van der Waals surface area contributed by atoms with E-state index in [9.17, 15) is 0 Å². The predicted molar refractivity (Wildman–Crippen MR) is 144 cm³/mol. The molecule has 1 aromatic rings. The van der Waals surface area contributed by atoms with Gasteiger partial charge in [0, 0.05) is 50.6 Å². The summed E-state index contributed by atoms with van der Waals surface area (Å²) in [6.45, 7) is 21.9. The Kier molecular flexibility index (Phi) is 9.02. The highest BCUT2D eigenvalue weighted by molar-refractivity contribution is 5.85. The van der Waals surface area contributed by atoms with Gasteiger partial charge in [0.15, 0.2) is 0 Å². The third-order valence-electron chi connectivity index (χ3n) is 7.92. The zero-order valence-electron chi connectivity index (χ0n) is 21.9. The number of unbranched alkanes of at least 4 members (excludes halogenated alkanes) is 1. The van der Waals surface area contributed by atoms with Crippen molar-refractivity contribution in [3.63, 3.8) is 0 Å². The molecule has 3 aliphatic rings. The minimum Gasteiger partial charge on any atom is -0.378 e. The van der Waals surface area contributed by atoms with Crippen LogP contribution in [0.5, 0.6) is 0 Å². The second kappa shape index (κ2) is 11.2. The van der Waals surface area contributed by atoms with Crippen LogP contribution in [0.4, 0.5) is 11.4 Å². The highest BCUT2D eigenvalue weighted by Crippen LogP contribution is 2.53. The van der Waals surface area contributed by atoms with Gasteiger partial charge >= 0.3 is 0 Å². The molecule has 3 fully saturated rings. The zero-order chi connectivity index (χ0) is 22.8. The molecule has 33 heavy (non-hydrogen) atoms. The second-order valence-corrected chi connectivity index (χ2v) is 12.1. The molecule has 0 bridgehead atoms. The fraction of sp³-hybridized carbons (Fsp3) is 0.786. The van der Waals surface area contributed by atoms with E-state index in [0.29, 0.717) is 16.7 Å². The number of ether oxygens (including phenoxy) is 1. The Morgan fingerprint density at radius 1 is 0.879 bits per heavy atom. The molecule has 0 spiro atoms. The van der Waals surface area contributed by atoms with Gasteiger partial charge in [0.05, 0.1) is 13.2 Å². The fourth-order valence-electron chi connectivity index (χ4n) is 6.84. The summed E-state index contributed by atoms with van der Waals surface area (Å²) in [7, 11) is 0. The molecular formula is C28H48ClN3O. The van der Waals surface area contributed by atoms with Gasteiger partial charge in [-0.1, -0.05) is 41.0 Å². The summed E-state index contributed by atoms with van der Waals surface area (Å²) in [4.78, 5) is 7.88. The van der Waals surface area contributed by atoms with Crippen molar-refractivity contribution >= 4 is 23.8 Å². The first-order chi connectivity index (χ1) is 15.3. The van der Waals surface area contributed by atoms with Crippen LogP contribution >= 0.6 is 12.4 Å². The van der Waals surface area contributed by atoms with Gasteiger partial charge in [0.25, 0.3) is 0 Å². The van der Waals surface area contributed by atoms with Gasteiger partial charge in [-0.3, -0.25) is 4.90 Å². The SMILES string of the molecule is CCCCN1CCN(c2ccc(N3CCOCC3)cc2C2CC(C)(C)CC(C)(C)C2)CC1.Cl. The van der Waals surface area contributed by atoms with E-state index in [1.807, 2.05) is 0 Å². The molecular weight excluding hydrogens is 430 g/mol. The van der Waals surface area contributed by atoms with Gasteiger partial charge in [-0.05, 0) is 72.7 Å². The molecule has 0 radical (unpaired) electrons. The van der Waals surface area contributed by atoms with Crippen molar-refractivity contribution in [2.75, 3.05) is 68.8 Å². The van der Waals surface area contributed by atoms with Crippen LogP contribution < -0.4 is 9.80 Å². The summed E-state index contributed by atoms with van der Waals surface area (Å²) >= 11 is 0. The van der Waals surface area contributed by atoms with Crippen molar-refractivity contribution in [3.8, 4) is 0 Å². The maximum Gasteiger partial charge on any atom is 0.0642 e. The van der Waals surface area contributed by atoms with E-state index in [1.54, 1.807) is 5.56 Å². The molecule has 1 aromatic carbocycles. The van der Waals surface area contributed by atoms with Gasteiger partial charge in [0.1, 0.15) is 0 Å². The molecule has 4 nitrogen and oxygen atoms in total. The van der Waals surface area contributed by atoms with E-state index in [4.69, 9.17) is 4.74 Å². The molecule has 2 aliphatic heterocycles. The van der Waals surface area contributed by atoms with E-state index < -0.39 is 0 Å². The Labute approximate surface area is 209 Å². The number of hydrogen-bond acceptors (Lipinski definition) is 4. The first kappa shape index (κ1) is 26.6. The number of halogens is 1. The van der Waals surface area contributed by atoms with E-state index in [2.05, 4.69) is 67.5 Å². The first-order valence-corrected chi connectivity index (χ1v) is 13.2. The van der Waals surface area contributed by atoms with Crippen LogP contribution in [0.25, 0.3) is 0 Å². The molecule has 4 rings (SSSR count). The lowest BCUT2D eigenvalue weighted by Gasteiger charge is -2.46. The van der Waals surface area contributed by atoms with Crippen LogP contribution in [0, 0.1) is 10.8 Å². The van der Waals surface area contributed by atoms with Gasteiger partial charge in [-0.15, -0.1) is 12.4 Å². The van der Waals surface area contributed by atoms with Crippen molar-refractivity contribution in [2.45, 2.75) is 72.6 Å². The van der Waals surface area contributed by atoms with Crippen molar-refractivity contribution in [3.05, 3.63) is 23.8 Å². The van der Waals surface area contributed by atoms with Gasteiger partial charge in [-0.2, -0.15) is 0 Å². The van der Waals surface area contributed by atoms with E-state index in [0.717, 1.165) is 39.4 Å². The number of nitrogens with zero attached hydrogens (tertiary/aromatic N) is 3. The van der Waals surface area contributed by atoms with Crippen molar-refractivity contribution in [2.24, 2.45) is 10.8 Å². The normalized spacial score (nSPS) is 23.9. The van der Waals surface area contributed by atoms with Crippen molar-refractivity contribution in [1.29, 1.82) is 0 Å². The Morgan fingerprint density at radius 2 is 1.52 bits per heavy atom. The molecule has 5 heteroatoms. The maximum atomic E-state index is 5.62. The summed E-state index contributed by atoms with van der Waals surface area (Å²) in [5.41, 5.74) is 5.32. The molecule has 2 saturated heterocycles. The molecule has 188 valence electrons.